The summed E-state index contributed by atoms with van der Waals surface area (Å²) in [7, 11) is -4.16. The molecule has 0 fully saturated rings. The molecule has 0 heterocycles. The van der Waals surface area contributed by atoms with Crippen LogP contribution in [0.15, 0.2) is 65.6 Å². The molecule has 0 aromatic heterocycles. The van der Waals surface area contributed by atoms with Gasteiger partial charge in [0, 0.05) is 23.1 Å². The van der Waals surface area contributed by atoms with Gasteiger partial charge in [-0.3, -0.25) is 13.9 Å². The molecule has 0 radical (unpaired) electrons. The number of amides is 2. The number of carbonyl (C=O) groups excluding carboxylic acids is 2. The van der Waals surface area contributed by atoms with Crippen LogP contribution in [0.25, 0.3) is 0 Å². The van der Waals surface area contributed by atoms with E-state index >= 15 is 0 Å². The second-order valence-electron chi connectivity index (χ2n) is 10.9. The zero-order valence-corrected chi connectivity index (χ0v) is 27.3. The Hall–Kier alpha value is -3.07. The van der Waals surface area contributed by atoms with Gasteiger partial charge in [0.2, 0.25) is 11.8 Å². The van der Waals surface area contributed by atoms with Gasteiger partial charge >= 0.3 is 0 Å². The van der Waals surface area contributed by atoms with E-state index in [-0.39, 0.29) is 23.3 Å². The third-order valence-corrected chi connectivity index (χ3v) is 9.52. The van der Waals surface area contributed by atoms with Crippen molar-refractivity contribution in [1.29, 1.82) is 0 Å². The minimum Gasteiger partial charge on any atom is -0.354 e. The summed E-state index contributed by atoms with van der Waals surface area (Å²) in [6.45, 7) is 11.3. The van der Waals surface area contributed by atoms with Gasteiger partial charge in [-0.25, -0.2) is 8.42 Å². The summed E-state index contributed by atoms with van der Waals surface area (Å²) in [6.07, 6.45) is 0.315. The van der Waals surface area contributed by atoms with Gasteiger partial charge in [0.15, 0.2) is 0 Å². The van der Waals surface area contributed by atoms with Crippen molar-refractivity contribution >= 4 is 50.7 Å². The molecule has 0 aliphatic heterocycles. The van der Waals surface area contributed by atoms with Crippen LogP contribution < -0.4 is 9.62 Å². The molecule has 0 aliphatic carbocycles. The van der Waals surface area contributed by atoms with Crippen molar-refractivity contribution in [1.82, 2.24) is 10.2 Å². The summed E-state index contributed by atoms with van der Waals surface area (Å²) in [4.78, 5) is 29.1. The number of hydrogen-bond acceptors (Lipinski definition) is 4. The van der Waals surface area contributed by atoms with E-state index in [1.54, 1.807) is 42.5 Å². The highest BCUT2D eigenvalue weighted by Crippen LogP contribution is 2.30. The predicted octanol–water partition coefficient (Wildman–Crippen LogP) is 6.69. The normalized spacial score (nSPS) is 12.2. The number of halogens is 2. The maximum absolute atomic E-state index is 14.3. The average Bonchev–Trinajstić information content (AvgIpc) is 2.93. The Bertz CT molecular complexity index is 1530. The van der Waals surface area contributed by atoms with Crippen molar-refractivity contribution < 1.29 is 18.0 Å². The van der Waals surface area contributed by atoms with Gasteiger partial charge in [-0.15, -0.1) is 0 Å². The fraction of sp³-hybridized carbons (Fsp3) is 0.375. The molecule has 3 rings (SSSR count). The van der Waals surface area contributed by atoms with Crippen molar-refractivity contribution in [2.45, 2.75) is 65.4 Å². The number of aryl methyl sites for hydroxylation is 2. The molecule has 0 unspecified atom stereocenters. The summed E-state index contributed by atoms with van der Waals surface area (Å²) in [5.74, 6) is -0.644. The van der Waals surface area contributed by atoms with Gasteiger partial charge < -0.3 is 10.2 Å². The van der Waals surface area contributed by atoms with Crippen LogP contribution in [-0.4, -0.2) is 44.3 Å². The van der Waals surface area contributed by atoms with Gasteiger partial charge in [-0.1, -0.05) is 79.9 Å². The summed E-state index contributed by atoms with van der Waals surface area (Å²) in [6, 6.07) is 15.9. The molecule has 0 spiro atoms. The predicted molar refractivity (Wildman–Crippen MR) is 171 cm³/mol. The Kier molecular flexibility index (Phi) is 11.5. The smallest absolute Gasteiger partial charge is 0.264 e. The number of rotatable bonds is 12. The lowest BCUT2D eigenvalue weighted by Gasteiger charge is -2.34. The van der Waals surface area contributed by atoms with Crippen LogP contribution in [0.1, 0.15) is 49.4 Å². The third-order valence-electron chi connectivity index (χ3n) is 7.16. The maximum Gasteiger partial charge on any atom is 0.264 e. The number of anilines is 1. The molecule has 10 heteroatoms. The molecule has 3 aromatic carbocycles. The number of sulfonamides is 1. The molecule has 1 atom stereocenters. The lowest BCUT2D eigenvalue weighted by molar-refractivity contribution is -0.140. The van der Waals surface area contributed by atoms with E-state index in [0.717, 1.165) is 21.0 Å². The van der Waals surface area contributed by atoms with Crippen LogP contribution in [0.4, 0.5) is 5.69 Å². The Morgan fingerprint density at radius 2 is 1.62 bits per heavy atom. The summed E-state index contributed by atoms with van der Waals surface area (Å²) >= 11 is 12.6. The van der Waals surface area contributed by atoms with Gasteiger partial charge in [0.05, 0.1) is 10.6 Å². The average molecular weight is 633 g/mol. The van der Waals surface area contributed by atoms with Crippen LogP contribution in [-0.2, 0) is 26.2 Å². The lowest BCUT2D eigenvalue weighted by atomic mass is 10.1. The molecule has 42 heavy (non-hydrogen) atoms. The Balaban J connectivity index is 2.11. The number of nitrogens with one attached hydrogen (secondary N) is 1. The van der Waals surface area contributed by atoms with Crippen molar-refractivity contribution in [2.75, 3.05) is 17.4 Å². The van der Waals surface area contributed by atoms with Gasteiger partial charge in [-0.2, -0.15) is 0 Å². The zero-order valence-electron chi connectivity index (χ0n) is 24.9. The highest BCUT2D eigenvalue weighted by atomic mass is 35.5. The van der Waals surface area contributed by atoms with Crippen molar-refractivity contribution in [2.24, 2.45) is 5.92 Å². The topological polar surface area (TPSA) is 86.8 Å². The van der Waals surface area contributed by atoms with E-state index in [0.29, 0.717) is 34.3 Å². The molecule has 0 aliphatic rings. The SMILES string of the molecule is CC[C@H](C(=O)NCC(C)C)N(Cc1ccc(Cl)cc1Cl)C(=O)CN(c1cccc(C)c1C)S(=O)(=O)c1ccc(C)cc1. The molecule has 226 valence electrons. The number of benzene rings is 3. The number of hydrogen-bond donors (Lipinski definition) is 1. The van der Waals surface area contributed by atoms with E-state index in [4.69, 9.17) is 23.2 Å². The Morgan fingerprint density at radius 1 is 0.952 bits per heavy atom. The maximum atomic E-state index is 14.3. The van der Waals surface area contributed by atoms with E-state index in [2.05, 4.69) is 5.32 Å². The molecule has 2 amide bonds. The zero-order chi connectivity index (χ0) is 31.2. The van der Waals surface area contributed by atoms with E-state index < -0.39 is 28.5 Å². The lowest BCUT2D eigenvalue weighted by Crippen LogP contribution is -2.52. The molecule has 0 bridgehead atoms. The second kappa shape index (κ2) is 14.4. The van der Waals surface area contributed by atoms with Gasteiger partial charge in [0.25, 0.3) is 10.0 Å². The van der Waals surface area contributed by atoms with E-state index in [1.807, 2.05) is 47.6 Å². The number of nitrogens with zero attached hydrogens (tertiary/aromatic N) is 2. The van der Waals surface area contributed by atoms with E-state index in [1.165, 1.54) is 17.0 Å². The largest absolute Gasteiger partial charge is 0.354 e. The van der Waals surface area contributed by atoms with Crippen LogP contribution in [0.3, 0.4) is 0 Å². The first-order valence-electron chi connectivity index (χ1n) is 13.9. The molecule has 3 aromatic rings. The summed E-state index contributed by atoms with van der Waals surface area (Å²) in [5.41, 5.74) is 3.51. The van der Waals surface area contributed by atoms with E-state index in [9.17, 15) is 18.0 Å². The quantitative estimate of drug-likeness (QED) is 0.241. The van der Waals surface area contributed by atoms with Crippen LogP contribution in [0, 0.1) is 26.7 Å². The molecular formula is C32H39Cl2N3O4S. The molecule has 0 saturated carbocycles. The molecule has 0 saturated heterocycles. The highest BCUT2D eigenvalue weighted by molar-refractivity contribution is 7.92. The van der Waals surface area contributed by atoms with Crippen molar-refractivity contribution in [3.63, 3.8) is 0 Å². The van der Waals surface area contributed by atoms with Crippen molar-refractivity contribution in [3.05, 3.63) is 93.0 Å². The van der Waals surface area contributed by atoms with Crippen LogP contribution in [0.2, 0.25) is 10.0 Å². The van der Waals surface area contributed by atoms with Crippen LogP contribution in [0.5, 0.6) is 0 Å². The first kappa shape index (κ1) is 33.4. The van der Waals surface area contributed by atoms with Gasteiger partial charge in [0.1, 0.15) is 12.6 Å². The minimum absolute atomic E-state index is 0.00629. The fourth-order valence-corrected chi connectivity index (χ4v) is 6.47. The van der Waals surface area contributed by atoms with Crippen LogP contribution >= 0.6 is 23.2 Å². The monoisotopic (exact) mass is 631 g/mol. The highest BCUT2D eigenvalue weighted by Gasteiger charge is 2.34. The standard InChI is InChI=1S/C32H39Cl2N3O4S/c1-7-29(32(39)35-18-21(2)3)36(19-25-13-14-26(33)17-28(25)34)31(38)20-37(30-10-8-9-23(5)24(30)6)42(40,41)27-15-11-22(4)12-16-27/h8-17,21,29H,7,18-20H2,1-6H3,(H,35,39)/t29-/m1/s1. The second-order valence-corrected chi connectivity index (χ2v) is 13.6. The summed E-state index contributed by atoms with van der Waals surface area (Å²) < 4.78 is 29.3. The third kappa shape index (κ3) is 8.06. The first-order chi connectivity index (χ1) is 19.8. The molecular weight excluding hydrogens is 593 g/mol. The first-order valence-corrected chi connectivity index (χ1v) is 16.1. The molecule has 1 N–H and O–H groups in total. The van der Waals surface area contributed by atoms with Gasteiger partial charge in [-0.05, 0) is 80.1 Å². The summed E-state index contributed by atoms with van der Waals surface area (Å²) in [5, 5.41) is 3.70. The fourth-order valence-electron chi connectivity index (χ4n) is 4.53. The Morgan fingerprint density at radius 3 is 2.21 bits per heavy atom. The Labute approximate surface area is 259 Å². The molecule has 7 nitrogen and oxygen atoms in total. The van der Waals surface area contributed by atoms with Crippen molar-refractivity contribution in [3.8, 4) is 0 Å². The number of carbonyl (C=O) groups is 2. The minimum atomic E-state index is -4.16.